The van der Waals surface area contributed by atoms with E-state index in [2.05, 4.69) is 6.92 Å². The van der Waals surface area contributed by atoms with E-state index in [9.17, 15) is 14.0 Å². The van der Waals surface area contributed by atoms with Crippen molar-refractivity contribution in [2.45, 2.75) is 51.6 Å². The molecule has 1 atom stereocenters. The van der Waals surface area contributed by atoms with Gasteiger partial charge in [-0.2, -0.15) is 0 Å². The standard InChI is InChI=1S/C20H27FN2O3/c1-2-13-26-16-5-3-10-22(12-9-16)20(25)17-14-15(7-8-18(17)21)23-11-4-6-19(23)24/h7-8,14,16H,2-6,9-13H2,1H3. The highest BCUT2D eigenvalue weighted by molar-refractivity contribution is 5.99. The quantitative estimate of drug-likeness (QED) is 0.807. The van der Waals surface area contributed by atoms with Gasteiger partial charge in [0.25, 0.3) is 5.91 Å². The Kier molecular flexibility index (Phi) is 6.25. The molecule has 0 N–H and O–H groups in total. The first-order valence-corrected chi connectivity index (χ1v) is 9.61. The van der Waals surface area contributed by atoms with E-state index in [0.717, 1.165) is 38.7 Å². The maximum Gasteiger partial charge on any atom is 0.256 e. The molecule has 0 bridgehead atoms. The van der Waals surface area contributed by atoms with Crippen LogP contribution in [0.1, 0.15) is 55.8 Å². The molecule has 1 unspecified atom stereocenters. The van der Waals surface area contributed by atoms with Crippen LogP contribution in [0.25, 0.3) is 0 Å². The fourth-order valence-electron chi connectivity index (χ4n) is 3.66. The molecule has 2 aliphatic rings. The maximum absolute atomic E-state index is 14.3. The number of amides is 2. The van der Waals surface area contributed by atoms with Crippen LogP contribution >= 0.6 is 0 Å². The highest BCUT2D eigenvalue weighted by Gasteiger charge is 2.26. The minimum absolute atomic E-state index is 0.0284. The van der Waals surface area contributed by atoms with Gasteiger partial charge in [-0.15, -0.1) is 0 Å². The van der Waals surface area contributed by atoms with Gasteiger partial charge in [0, 0.05) is 38.3 Å². The predicted molar refractivity (Wildman–Crippen MR) is 97.8 cm³/mol. The minimum atomic E-state index is -0.534. The van der Waals surface area contributed by atoms with Crippen molar-refractivity contribution in [2.75, 3.05) is 31.1 Å². The van der Waals surface area contributed by atoms with Gasteiger partial charge in [0.15, 0.2) is 0 Å². The summed E-state index contributed by atoms with van der Waals surface area (Å²) in [6.45, 7) is 4.61. The Morgan fingerprint density at radius 3 is 2.81 bits per heavy atom. The zero-order chi connectivity index (χ0) is 18.5. The molecule has 2 saturated heterocycles. The molecule has 3 rings (SSSR count). The van der Waals surface area contributed by atoms with Gasteiger partial charge in [0.1, 0.15) is 5.82 Å². The van der Waals surface area contributed by atoms with Gasteiger partial charge < -0.3 is 14.5 Å². The zero-order valence-electron chi connectivity index (χ0n) is 15.4. The summed E-state index contributed by atoms with van der Waals surface area (Å²) in [5.41, 5.74) is 0.659. The van der Waals surface area contributed by atoms with Crippen molar-refractivity contribution in [2.24, 2.45) is 0 Å². The Labute approximate surface area is 154 Å². The lowest BCUT2D eigenvalue weighted by atomic mass is 10.1. The Morgan fingerprint density at radius 1 is 1.23 bits per heavy atom. The van der Waals surface area contributed by atoms with Crippen LogP contribution in [0.4, 0.5) is 10.1 Å². The van der Waals surface area contributed by atoms with Crippen LogP contribution < -0.4 is 4.90 Å². The highest BCUT2D eigenvalue weighted by atomic mass is 19.1. The molecule has 26 heavy (non-hydrogen) atoms. The summed E-state index contributed by atoms with van der Waals surface area (Å²) in [7, 11) is 0. The Bertz CT molecular complexity index is 664. The second-order valence-electron chi connectivity index (χ2n) is 7.03. The summed E-state index contributed by atoms with van der Waals surface area (Å²) >= 11 is 0. The summed E-state index contributed by atoms with van der Waals surface area (Å²) in [6.07, 6.45) is 5.01. The number of hydrogen-bond donors (Lipinski definition) is 0. The van der Waals surface area contributed by atoms with E-state index in [-0.39, 0.29) is 23.5 Å². The van der Waals surface area contributed by atoms with Crippen LogP contribution in [-0.2, 0) is 9.53 Å². The lowest BCUT2D eigenvalue weighted by molar-refractivity contribution is -0.117. The molecule has 0 aliphatic carbocycles. The smallest absolute Gasteiger partial charge is 0.256 e. The summed E-state index contributed by atoms with van der Waals surface area (Å²) < 4.78 is 20.1. The van der Waals surface area contributed by atoms with Crippen molar-refractivity contribution in [3.63, 3.8) is 0 Å². The lowest BCUT2D eigenvalue weighted by Gasteiger charge is -2.22. The van der Waals surface area contributed by atoms with Crippen molar-refractivity contribution in [1.82, 2.24) is 4.90 Å². The first-order valence-electron chi connectivity index (χ1n) is 9.61. The molecule has 0 spiro atoms. The number of likely N-dealkylation sites (tertiary alicyclic amines) is 1. The average molecular weight is 362 g/mol. The second kappa shape index (κ2) is 8.62. The summed E-state index contributed by atoms with van der Waals surface area (Å²) in [5.74, 6) is -0.804. The highest BCUT2D eigenvalue weighted by Crippen LogP contribution is 2.25. The van der Waals surface area contributed by atoms with Crippen molar-refractivity contribution >= 4 is 17.5 Å². The second-order valence-corrected chi connectivity index (χ2v) is 7.03. The predicted octanol–water partition coefficient (Wildman–Crippen LogP) is 3.37. The molecule has 1 aromatic carbocycles. The van der Waals surface area contributed by atoms with Crippen LogP contribution in [0.3, 0.4) is 0 Å². The van der Waals surface area contributed by atoms with E-state index >= 15 is 0 Å². The lowest BCUT2D eigenvalue weighted by Crippen LogP contribution is -2.33. The SMILES string of the molecule is CCCOC1CCCN(C(=O)c2cc(N3CCCC3=O)ccc2F)CC1. The van der Waals surface area contributed by atoms with E-state index in [0.29, 0.717) is 31.7 Å². The van der Waals surface area contributed by atoms with Gasteiger partial charge >= 0.3 is 0 Å². The van der Waals surface area contributed by atoms with Crippen molar-refractivity contribution in [3.8, 4) is 0 Å². The average Bonchev–Trinajstić information content (AvgIpc) is 2.93. The number of hydrogen-bond acceptors (Lipinski definition) is 3. The summed E-state index contributed by atoms with van der Waals surface area (Å²) in [4.78, 5) is 28.2. The van der Waals surface area contributed by atoms with Crippen LogP contribution in [0.15, 0.2) is 18.2 Å². The fraction of sp³-hybridized carbons (Fsp3) is 0.600. The third-order valence-corrected chi connectivity index (χ3v) is 5.09. The van der Waals surface area contributed by atoms with Gasteiger partial charge in [-0.25, -0.2) is 4.39 Å². The van der Waals surface area contributed by atoms with E-state index in [1.54, 1.807) is 15.9 Å². The third-order valence-electron chi connectivity index (χ3n) is 5.09. The molecule has 1 aromatic rings. The number of carbonyl (C=O) groups is 2. The molecule has 2 aliphatic heterocycles. The van der Waals surface area contributed by atoms with Crippen LogP contribution in [0.5, 0.6) is 0 Å². The Morgan fingerprint density at radius 2 is 2.08 bits per heavy atom. The number of carbonyl (C=O) groups excluding carboxylic acids is 2. The van der Waals surface area contributed by atoms with Gasteiger partial charge in [-0.05, 0) is 50.3 Å². The molecule has 2 amide bonds. The number of nitrogens with zero attached hydrogens (tertiary/aromatic N) is 2. The molecule has 6 heteroatoms. The van der Waals surface area contributed by atoms with E-state index in [1.165, 1.54) is 12.1 Å². The number of halogens is 1. The number of rotatable bonds is 5. The molecule has 0 saturated carbocycles. The van der Waals surface area contributed by atoms with Crippen LogP contribution in [0, 0.1) is 5.82 Å². The largest absolute Gasteiger partial charge is 0.378 e. The number of ether oxygens (including phenoxy) is 1. The molecule has 5 nitrogen and oxygen atoms in total. The van der Waals surface area contributed by atoms with Crippen molar-refractivity contribution in [1.29, 1.82) is 0 Å². The first-order chi connectivity index (χ1) is 12.6. The summed E-state index contributed by atoms with van der Waals surface area (Å²) in [5, 5.41) is 0. The van der Waals surface area contributed by atoms with Gasteiger partial charge in [-0.1, -0.05) is 6.92 Å². The molecule has 2 heterocycles. The molecular formula is C20H27FN2O3. The molecule has 0 aromatic heterocycles. The number of benzene rings is 1. The zero-order valence-corrected chi connectivity index (χ0v) is 15.4. The van der Waals surface area contributed by atoms with Crippen LogP contribution in [-0.4, -0.2) is 49.1 Å². The van der Waals surface area contributed by atoms with E-state index < -0.39 is 5.82 Å². The normalized spacial score (nSPS) is 21.2. The third kappa shape index (κ3) is 4.23. The van der Waals surface area contributed by atoms with Gasteiger partial charge in [-0.3, -0.25) is 9.59 Å². The number of anilines is 1. The Hall–Kier alpha value is -1.95. The molecular weight excluding hydrogens is 335 g/mol. The monoisotopic (exact) mass is 362 g/mol. The first kappa shape index (κ1) is 18.8. The fourth-order valence-corrected chi connectivity index (χ4v) is 3.66. The molecule has 0 radical (unpaired) electrons. The van der Waals surface area contributed by atoms with E-state index in [1.807, 2.05) is 0 Å². The summed E-state index contributed by atoms with van der Waals surface area (Å²) in [6, 6.07) is 4.39. The topological polar surface area (TPSA) is 49.9 Å². The minimum Gasteiger partial charge on any atom is -0.378 e. The molecule has 2 fully saturated rings. The van der Waals surface area contributed by atoms with Crippen molar-refractivity contribution < 1.29 is 18.7 Å². The Balaban J connectivity index is 1.71. The van der Waals surface area contributed by atoms with Crippen LogP contribution in [0.2, 0.25) is 0 Å². The van der Waals surface area contributed by atoms with Gasteiger partial charge in [0.2, 0.25) is 5.91 Å². The molecule has 142 valence electrons. The van der Waals surface area contributed by atoms with E-state index in [4.69, 9.17) is 4.74 Å². The maximum atomic E-state index is 14.3. The van der Waals surface area contributed by atoms with Gasteiger partial charge in [0.05, 0.1) is 11.7 Å². The van der Waals surface area contributed by atoms with Crippen molar-refractivity contribution in [3.05, 3.63) is 29.6 Å².